The van der Waals surface area contributed by atoms with E-state index >= 15 is 0 Å². The number of nitrogens with two attached hydrogens (primary N) is 1. The Morgan fingerprint density at radius 1 is 1.26 bits per heavy atom. The summed E-state index contributed by atoms with van der Waals surface area (Å²) in [6.45, 7) is 0. The zero-order chi connectivity index (χ0) is 19.8. The summed E-state index contributed by atoms with van der Waals surface area (Å²) in [4.78, 5) is 40.3. The molecule has 0 spiro atoms. The van der Waals surface area contributed by atoms with E-state index in [1.807, 2.05) is 0 Å². The van der Waals surface area contributed by atoms with Crippen molar-refractivity contribution in [1.29, 1.82) is 0 Å². The molecule has 0 aliphatic carbocycles. The second-order valence-corrected chi connectivity index (χ2v) is 5.36. The van der Waals surface area contributed by atoms with Gasteiger partial charge in [0.15, 0.2) is 5.69 Å². The Kier molecular flexibility index (Phi) is 6.78. The molecule has 0 saturated heterocycles. The third-order valence-electron chi connectivity index (χ3n) is 3.25. The Labute approximate surface area is 160 Å². The Hall–Kier alpha value is -3.53. The number of halogens is 1. The van der Waals surface area contributed by atoms with Crippen molar-refractivity contribution in [1.82, 2.24) is 25.6 Å². The van der Waals surface area contributed by atoms with Crippen molar-refractivity contribution < 1.29 is 9.59 Å². The summed E-state index contributed by atoms with van der Waals surface area (Å²) in [5.41, 5.74) is 6.42. The van der Waals surface area contributed by atoms with Gasteiger partial charge in [-0.05, 0) is 12.1 Å². The molecule has 2 aromatic heterocycles. The molecule has 2 heterocycles. The Balaban J connectivity index is 2.32. The van der Waals surface area contributed by atoms with Gasteiger partial charge in [-0.3, -0.25) is 14.6 Å². The first-order valence-corrected chi connectivity index (χ1v) is 7.99. The van der Waals surface area contributed by atoms with Gasteiger partial charge in [0.1, 0.15) is 17.2 Å². The first kappa shape index (κ1) is 19.8. The SMILES string of the molecule is CN=C(C(=O)NC)C(=CN)NC(=O)c1nc(Cl)ccc1Nc1cncnc1. The summed E-state index contributed by atoms with van der Waals surface area (Å²) in [5.74, 6) is -1.15. The predicted octanol–water partition coefficient (Wildman–Crippen LogP) is 0.615. The lowest BCUT2D eigenvalue weighted by atomic mass is 10.2. The highest BCUT2D eigenvalue weighted by Gasteiger charge is 2.20. The summed E-state index contributed by atoms with van der Waals surface area (Å²) in [6, 6.07) is 3.10. The van der Waals surface area contributed by atoms with E-state index in [0.717, 1.165) is 6.20 Å². The van der Waals surface area contributed by atoms with Crippen molar-refractivity contribution in [3.63, 3.8) is 0 Å². The molecule has 11 heteroatoms. The molecule has 0 unspecified atom stereocenters. The van der Waals surface area contributed by atoms with Crippen molar-refractivity contribution in [3.05, 3.63) is 53.6 Å². The lowest BCUT2D eigenvalue weighted by Gasteiger charge is -2.13. The van der Waals surface area contributed by atoms with Crippen LogP contribution in [0.3, 0.4) is 0 Å². The molecule has 0 radical (unpaired) electrons. The number of rotatable bonds is 6. The van der Waals surface area contributed by atoms with Gasteiger partial charge in [-0.25, -0.2) is 15.0 Å². The van der Waals surface area contributed by atoms with Gasteiger partial charge in [0.2, 0.25) is 0 Å². The van der Waals surface area contributed by atoms with Gasteiger partial charge in [0, 0.05) is 20.3 Å². The minimum Gasteiger partial charge on any atom is -0.403 e. The molecule has 5 N–H and O–H groups in total. The maximum absolute atomic E-state index is 12.7. The summed E-state index contributed by atoms with van der Waals surface area (Å²) in [5, 5.41) is 8.03. The van der Waals surface area contributed by atoms with Crippen LogP contribution in [0.25, 0.3) is 0 Å². The number of carbonyl (C=O) groups excluding carboxylic acids is 2. The number of hydrogen-bond acceptors (Lipinski definition) is 8. The smallest absolute Gasteiger partial charge is 0.276 e. The van der Waals surface area contributed by atoms with Crippen molar-refractivity contribution in [2.45, 2.75) is 0 Å². The maximum atomic E-state index is 12.7. The van der Waals surface area contributed by atoms with Crippen LogP contribution < -0.4 is 21.7 Å². The molecule has 0 aromatic carbocycles. The fourth-order valence-electron chi connectivity index (χ4n) is 2.05. The highest BCUT2D eigenvalue weighted by Crippen LogP contribution is 2.21. The second-order valence-electron chi connectivity index (χ2n) is 4.97. The Morgan fingerprint density at radius 3 is 2.56 bits per heavy atom. The van der Waals surface area contributed by atoms with Gasteiger partial charge >= 0.3 is 0 Å². The number of pyridine rings is 1. The maximum Gasteiger partial charge on any atom is 0.276 e. The van der Waals surface area contributed by atoms with Crippen LogP contribution in [0.5, 0.6) is 0 Å². The molecule has 2 aromatic rings. The van der Waals surface area contributed by atoms with E-state index in [1.54, 1.807) is 6.07 Å². The highest BCUT2D eigenvalue weighted by atomic mass is 35.5. The van der Waals surface area contributed by atoms with Crippen LogP contribution >= 0.6 is 11.6 Å². The minimum atomic E-state index is -0.640. The van der Waals surface area contributed by atoms with E-state index in [9.17, 15) is 9.59 Å². The number of amides is 2. The van der Waals surface area contributed by atoms with Gasteiger partial charge in [-0.15, -0.1) is 0 Å². The Bertz CT molecular complexity index is 899. The van der Waals surface area contributed by atoms with Crippen molar-refractivity contribution in [3.8, 4) is 0 Å². The zero-order valence-corrected chi connectivity index (χ0v) is 15.3. The van der Waals surface area contributed by atoms with E-state index in [0.29, 0.717) is 11.4 Å². The minimum absolute atomic E-state index is 0.0157. The summed E-state index contributed by atoms with van der Waals surface area (Å²) < 4.78 is 0. The van der Waals surface area contributed by atoms with Crippen LogP contribution in [0.2, 0.25) is 5.15 Å². The lowest BCUT2D eigenvalue weighted by Crippen LogP contribution is -2.37. The second kappa shape index (κ2) is 9.25. The van der Waals surface area contributed by atoms with Crippen LogP contribution in [-0.4, -0.2) is 46.6 Å². The first-order chi connectivity index (χ1) is 13.0. The third-order valence-corrected chi connectivity index (χ3v) is 3.46. The van der Waals surface area contributed by atoms with Gasteiger partial charge in [-0.2, -0.15) is 0 Å². The van der Waals surface area contributed by atoms with Crippen molar-refractivity contribution >= 4 is 40.5 Å². The standard InChI is InChI=1S/C16H17ClN8O2/c1-19-13(15(26)20-2)11(5-18)24-16(27)14-10(3-4-12(17)25-14)23-9-6-21-8-22-7-9/h3-8,23H,18H2,1-2H3,(H,20,26)(H,24,27). The largest absolute Gasteiger partial charge is 0.403 e. The van der Waals surface area contributed by atoms with E-state index in [2.05, 4.69) is 35.9 Å². The summed E-state index contributed by atoms with van der Waals surface area (Å²) >= 11 is 5.93. The zero-order valence-electron chi connectivity index (χ0n) is 14.5. The molecule has 2 rings (SSSR count). The van der Waals surface area contributed by atoms with Crippen LogP contribution in [0.15, 0.2) is 47.7 Å². The fourth-order valence-corrected chi connectivity index (χ4v) is 2.20. The van der Waals surface area contributed by atoms with Crippen LogP contribution in [0.1, 0.15) is 10.5 Å². The van der Waals surface area contributed by atoms with Gasteiger partial charge in [-0.1, -0.05) is 11.6 Å². The normalized spacial score (nSPS) is 11.7. The van der Waals surface area contributed by atoms with E-state index in [4.69, 9.17) is 17.3 Å². The molecule has 0 aliphatic heterocycles. The van der Waals surface area contributed by atoms with E-state index < -0.39 is 11.8 Å². The highest BCUT2D eigenvalue weighted by molar-refractivity contribution is 6.45. The number of aliphatic imine (C=N–C) groups is 1. The monoisotopic (exact) mass is 388 g/mol. The van der Waals surface area contributed by atoms with E-state index in [-0.39, 0.29) is 22.3 Å². The van der Waals surface area contributed by atoms with E-state index in [1.165, 1.54) is 38.9 Å². The molecule has 0 fully saturated rings. The molecule has 140 valence electrons. The third kappa shape index (κ3) is 4.98. The number of aromatic nitrogens is 3. The first-order valence-electron chi connectivity index (χ1n) is 7.61. The number of hydrogen-bond donors (Lipinski definition) is 4. The number of carbonyl (C=O) groups is 2. The molecule has 0 atom stereocenters. The van der Waals surface area contributed by atoms with Gasteiger partial charge in [0.25, 0.3) is 11.8 Å². The van der Waals surface area contributed by atoms with Crippen LogP contribution in [-0.2, 0) is 4.79 Å². The molecule has 0 aliphatic rings. The molecule has 10 nitrogen and oxygen atoms in total. The predicted molar refractivity (Wildman–Crippen MR) is 102 cm³/mol. The van der Waals surface area contributed by atoms with Crippen LogP contribution in [0.4, 0.5) is 11.4 Å². The van der Waals surface area contributed by atoms with Crippen LogP contribution in [0, 0.1) is 0 Å². The summed E-state index contributed by atoms with van der Waals surface area (Å²) in [7, 11) is 2.84. The molecule has 0 bridgehead atoms. The molecular weight excluding hydrogens is 372 g/mol. The topological polar surface area (TPSA) is 147 Å². The summed E-state index contributed by atoms with van der Waals surface area (Å²) in [6.07, 6.45) is 5.50. The van der Waals surface area contributed by atoms with Crippen molar-refractivity contribution in [2.75, 3.05) is 19.4 Å². The molecular formula is C16H17ClN8O2. The average molecular weight is 389 g/mol. The average Bonchev–Trinajstić information content (AvgIpc) is 2.69. The number of anilines is 2. The van der Waals surface area contributed by atoms with Gasteiger partial charge < -0.3 is 21.7 Å². The molecule has 0 saturated carbocycles. The fraction of sp³-hybridized carbons (Fsp3) is 0.125. The molecule has 27 heavy (non-hydrogen) atoms. The molecule has 2 amide bonds. The quantitative estimate of drug-likeness (QED) is 0.418. The van der Waals surface area contributed by atoms with Gasteiger partial charge in [0.05, 0.1) is 29.5 Å². The number of nitrogens with zero attached hydrogens (tertiary/aromatic N) is 4. The lowest BCUT2D eigenvalue weighted by molar-refractivity contribution is -0.114. The van der Waals surface area contributed by atoms with Crippen molar-refractivity contribution in [2.24, 2.45) is 10.7 Å². The number of nitrogens with one attached hydrogen (secondary N) is 3. The Morgan fingerprint density at radius 2 is 1.96 bits per heavy atom.